The third kappa shape index (κ3) is 2.61. The molecule has 0 spiro atoms. The molecule has 1 heterocycles. The van der Waals surface area contributed by atoms with Crippen molar-refractivity contribution >= 4 is 37.0 Å². The highest BCUT2D eigenvalue weighted by atomic mass is 35.7. The zero-order valence-electron chi connectivity index (χ0n) is 10.4. The molecule has 108 valence electrons. The fraction of sp³-hybridized carbons (Fsp3) is 0.364. The fourth-order valence-corrected chi connectivity index (χ4v) is 3.22. The Morgan fingerprint density at radius 1 is 1.45 bits per heavy atom. The summed E-state index contributed by atoms with van der Waals surface area (Å²) in [6, 6.07) is 4.55. The van der Waals surface area contributed by atoms with Crippen LogP contribution in [0.2, 0.25) is 0 Å². The van der Waals surface area contributed by atoms with Gasteiger partial charge in [-0.05, 0) is 13.0 Å². The van der Waals surface area contributed by atoms with E-state index in [1.54, 1.807) is 19.1 Å². The van der Waals surface area contributed by atoms with Crippen LogP contribution in [0, 0.1) is 17.0 Å². The van der Waals surface area contributed by atoms with Crippen LogP contribution in [-0.2, 0) is 13.8 Å². The van der Waals surface area contributed by atoms with Crippen LogP contribution >= 0.6 is 10.7 Å². The number of hydrogen-bond donors (Lipinski definition) is 0. The highest BCUT2D eigenvalue weighted by Gasteiger charge is 2.40. The lowest BCUT2D eigenvalue weighted by atomic mass is 10.1. The van der Waals surface area contributed by atoms with Crippen LogP contribution < -0.4 is 4.90 Å². The van der Waals surface area contributed by atoms with Crippen molar-refractivity contribution in [3.63, 3.8) is 0 Å². The van der Waals surface area contributed by atoms with Crippen molar-refractivity contribution in [2.75, 3.05) is 11.4 Å². The van der Waals surface area contributed by atoms with Crippen LogP contribution in [0.1, 0.15) is 12.0 Å². The van der Waals surface area contributed by atoms with Gasteiger partial charge < -0.3 is 4.90 Å². The van der Waals surface area contributed by atoms with Gasteiger partial charge in [0, 0.05) is 29.2 Å². The number of rotatable bonds is 3. The Kier molecular flexibility index (Phi) is 3.70. The fourth-order valence-electron chi connectivity index (χ4n) is 2.20. The second-order valence-electron chi connectivity index (χ2n) is 4.51. The van der Waals surface area contributed by atoms with E-state index in [1.165, 1.54) is 6.07 Å². The largest absolute Gasteiger partial charge is 0.305 e. The second kappa shape index (κ2) is 5.02. The van der Waals surface area contributed by atoms with Gasteiger partial charge in [-0.1, -0.05) is 12.1 Å². The minimum absolute atomic E-state index is 0.0998. The first kappa shape index (κ1) is 14.7. The van der Waals surface area contributed by atoms with Crippen molar-refractivity contribution in [3.8, 4) is 0 Å². The summed E-state index contributed by atoms with van der Waals surface area (Å²) in [7, 11) is 1.37. The number of carbonyl (C=O) groups excluding carboxylic acids is 1. The lowest BCUT2D eigenvalue weighted by molar-refractivity contribution is -0.384. The predicted octanol–water partition coefficient (Wildman–Crippen LogP) is 1.58. The average molecular weight is 319 g/mol. The molecule has 0 aromatic heterocycles. The van der Waals surface area contributed by atoms with Crippen LogP contribution in [0.25, 0.3) is 0 Å². The molecule has 0 bridgehead atoms. The SMILES string of the molecule is Cc1cccc(N2CC(S(=O)(=O)Cl)CC2=O)c1[N+](=O)[O-]. The predicted molar refractivity (Wildman–Crippen MR) is 73.4 cm³/mol. The van der Waals surface area contributed by atoms with Gasteiger partial charge in [0.05, 0.1) is 4.92 Å². The molecule has 7 nitrogen and oxygen atoms in total. The molecule has 0 radical (unpaired) electrons. The molecule has 1 aliphatic heterocycles. The van der Waals surface area contributed by atoms with Crippen LogP contribution in [0.5, 0.6) is 0 Å². The normalized spacial score (nSPS) is 19.4. The van der Waals surface area contributed by atoms with E-state index in [-0.39, 0.29) is 24.3 Å². The number of benzene rings is 1. The second-order valence-corrected chi connectivity index (χ2v) is 7.41. The molecule has 9 heteroatoms. The molecule has 1 aromatic carbocycles. The van der Waals surface area contributed by atoms with Gasteiger partial charge >= 0.3 is 0 Å². The molecule has 20 heavy (non-hydrogen) atoms. The van der Waals surface area contributed by atoms with E-state index >= 15 is 0 Å². The summed E-state index contributed by atoms with van der Waals surface area (Å²) in [6.07, 6.45) is -0.267. The summed E-state index contributed by atoms with van der Waals surface area (Å²) in [5.41, 5.74) is 0.300. The Labute approximate surface area is 119 Å². The van der Waals surface area contributed by atoms with Gasteiger partial charge in [-0.3, -0.25) is 14.9 Å². The maximum Gasteiger partial charge on any atom is 0.295 e. The van der Waals surface area contributed by atoms with Crippen LogP contribution in [0.4, 0.5) is 11.4 Å². The Morgan fingerprint density at radius 2 is 2.10 bits per heavy atom. The van der Waals surface area contributed by atoms with Crippen molar-refractivity contribution in [1.82, 2.24) is 0 Å². The number of amides is 1. The Hall–Kier alpha value is -1.67. The van der Waals surface area contributed by atoms with Gasteiger partial charge in [-0.2, -0.15) is 0 Å². The molecule has 1 atom stereocenters. The van der Waals surface area contributed by atoms with Gasteiger partial charge in [-0.25, -0.2) is 8.42 Å². The average Bonchev–Trinajstić information content (AvgIpc) is 2.70. The quantitative estimate of drug-likeness (QED) is 0.478. The van der Waals surface area contributed by atoms with Crippen molar-refractivity contribution in [2.24, 2.45) is 0 Å². The molecular weight excluding hydrogens is 308 g/mol. The van der Waals surface area contributed by atoms with Crippen LogP contribution in [0.3, 0.4) is 0 Å². The maximum absolute atomic E-state index is 11.9. The van der Waals surface area contributed by atoms with Gasteiger partial charge in [0.15, 0.2) is 0 Å². The van der Waals surface area contributed by atoms with Gasteiger partial charge in [0.25, 0.3) is 5.69 Å². The molecule has 1 saturated heterocycles. The number of halogens is 1. The summed E-state index contributed by atoms with van der Waals surface area (Å²) >= 11 is 0. The topological polar surface area (TPSA) is 97.6 Å². The molecule has 0 saturated carbocycles. The van der Waals surface area contributed by atoms with Gasteiger partial charge in [-0.15, -0.1) is 0 Å². The number of hydrogen-bond acceptors (Lipinski definition) is 5. The maximum atomic E-state index is 11.9. The van der Waals surface area contributed by atoms with E-state index < -0.39 is 25.1 Å². The lowest BCUT2D eigenvalue weighted by Gasteiger charge is -2.16. The molecule has 1 unspecified atom stereocenters. The monoisotopic (exact) mass is 318 g/mol. The third-order valence-corrected chi connectivity index (χ3v) is 5.05. The van der Waals surface area contributed by atoms with Gasteiger partial charge in [0.2, 0.25) is 15.0 Å². The van der Waals surface area contributed by atoms with E-state index in [9.17, 15) is 23.3 Å². The standard InChI is InChI=1S/C11H11ClN2O5S/c1-7-3-2-4-9(11(7)14(16)17)13-6-8(5-10(13)15)20(12,18)19/h2-4,8H,5-6H2,1H3. The minimum atomic E-state index is -3.88. The number of carbonyl (C=O) groups is 1. The highest BCUT2D eigenvalue weighted by molar-refractivity contribution is 8.14. The molecule has 0 N–H and O–H groups in total. The molecule has 1 amide bonds. The molecule has 2 rings (SSSR count). The minimum Gasteiger partial charge on any atom is -0.305 e. The highest BCUT2D eigenvalue weighted by Crippen LogP contribution is 2.35. The van der Waals surface area contributed by atoms with Crippen molar-refractivity contribution in [2.45, 2.75) is 18.6 Å². The first-order chi connectivity index (χ1) is 9.21. The number of aryl methyl sites for hydroxylation is 1. The molecule has 0 aliphatic carbocycles. The third-order valence-electron chi connectivity index (χ3n) is 3.18. The Balaban J connectivity index is 2.46. The number of nitro groups is 1. The van der Waals surface area contributed by atoms with Crippen molar-refractivity contribution in [3.05, 3.63) is 33.9 Å². The molecular formula is C11H11ClN2O5S. The summed E-state index contributed by atoms with van der Waals surface area (Å²) in [4.78, 5) is 23.5. The van der Waals surface area contributed by atoms with Crippen LogP contribution in [-0.4, -0.2) is 31.0 Å². The summed E-state index contributed by atoms with van der Waals surface area (Å²) < 4.78 is 22.6. The van der Waals surface area contributed by atoms with Crippen molar-refractivity contribution in [1.29, 1.82) is 0 Å². The van der Waals surface area contributed by atoms with Crippen molar-refractivity contribution < 1.29 is 18.1 Å². The molecule has 1 aliphatic rings. The van der Waals surface area contributed by atoms with E-state index in [0.717, 1.165) is 4.90 Å². The number of nitro benzene ring substituents is 1. The van der Waals surface area contributed by atoms with E-state index in [1.807, 2.05) is 0 Å². The summed E-state index contributed by atoms with van der Waals surface area (Å²) in [6.45, 7) is 1.38. The summed E-state index contributed by atoms with van der Waals surface area (Å²) in [5, 5.41) is 10.1. The molecule has 1 fully saturated rings. The summed E-state index contributed by atoms with van der Waals surface area (Å²) in [5.74, 6) is -0.493. The first-order valence-electron chi connectivity index (χ1n) is 5.69. The number of para-hydroxylation sites is 1. The number of anilines is 1. The zero-order valence-corrected chi connectivity index (χ0v) is 12.0. The van der Waals surface area contributed by atoms with Gasteiger partial charge in [0.1, 0.15) is 10.9 Å². The van der Waals surface area contributed by atoms with E-state index in [2.05, 4.69) is 0 Å². The molecule has 1 aromatic rings. The van der Waals surface area contributed by atoms with E-state index in [4.69, 9.17) is 10.7 Å². The smallest absolute Gasteiger partial charge is 0.295 e. The first-order valence-corrected chi connectivity index (χ1v) is 8.07. The van der Waals surface area contributed by atoms with Crippen LogP contribution in [0.15, 0.2) is 18.2 Å². The lowest BCUT2D eigenvalue weighted by Crippen LogP contribution is -2.27. The number of nitrogens with zero attached hydrogens (tertiary/aromatic N) is 2. The zero-order chi connectivity index (χ0) is 15.1. The Bertz CT molecular complexity index is 688. The Morgan fingerprint density at radius 3 is 2.60 bits per heavy atom. The van der Waals surface area contributed by atoms with E-state index in [0.29, 0.717) is 5.56 Å².